The molecule has 0 fully saturated rings. The first-order valence-corrected chi connectivity index (χ1v) is 10.1. The SMILES string of the molecule is C=CC(=O)Nc1cccc(Oc2cnc3[nH]cc(-c4ccc(-c5cnn(C)c5)nc4)c3n2)c1. The Morgan fingerprint density at radius 2 is 2.06 bits per heavy atom. The summed E-state index contributed by atoms with van der Waals surface area (Å²) in [7, 11) is 1.87. The van der Waals surface area contributed by atoms with Gasteiger partial charge < -0.3 is 15.0 Å². The minimum atomic E-state index is -0.298. The van der Waals surface area contributed by atoms with Gasteiger partial charge in [-0.3, -0.25) is 14.5 Å². The maximum absolute atomic E-state index is 11.5. The van der Waals surface area contributed by atoms with Gasteiger partial charge in [-0.25, -0.2) is 9.97 Å². The van der Waals surface area contributed by atoms with Gasteiger partial charge in [0, 0.05) is 54.1 Å². The molecular weight excluding hydrogens is 418 g/mol. The molecule has 0 aliphatic heterocycles. The minimum absolute atomic E-state index is 0.298. The largest absolute Gasteiger partial charge is 0.437 e. The van der Waals surface area contributed by atoms with Crippen LogP contribution in [0.25, 0.3) is 33.5 Å². The number of carbonyl (C=O) groups is 1. The second kappa shape index (κ2) is 8.39. The van der Waals surface area contributed by atoms with Crippen LogP contribution in [0.15, 0.2) is 80.0 Å². The van der Waals surface area contributed by atoms with E-state index in [1.807, 2.05) is 31.6 Å². The summed E-state index contributed by atoms with van der Waals surface area (Å²) in [5.74, 6) is 0.550. The van der Waals surface area contributed by atoms with Gasteiger partial charge in [0.05, 0.1) is 18.1 Å². The third-order valence-corrected chi connectivity index (χ3v) is 4.94. The van der Waals surface area contributed by atoms with Crippen molar-refractivity contribution in [2.45, 2.75) is 0 Å². The topological polar surface area (TPSA) is 111 Å². The quantitative estimate of drug-likeness (QED) is 0.383. The zero-order valence-electron chi connectivity index (χ0n) is 17.7. The summed E-state index contributed by atoms with van der Waals surface area (Å²) in [4.78, 5) is 28.3. The van der Waals surface area contributed by atoms with Crippen LogP contribution in [0, 0.1) is 0 Å². The lowest BCUT2D eigenvalue weighted by molar-refractivity contribution is -0.111. The normalized spacial score (nSPS) is 10.8. The lowest BCUT2D eigenvalue weighted by atomic mass is 10.1. The van der Waals surface area contributed by atoms with Crippen LogP contribution >= 0.6 is 0 Å². The molecule has 0 aliphatic rings. The van der Waals surface area contributed by atoms with Crippen LogP contribution in [0.2, 0.25) is 0 Å². The molecule has 0 atom stereocenters. The zero-order valence-corrected chi connectivity index (χ0v) is 17.7. The number of amides is 1. The van der Waals surface area contributed by atoms with Crippen LogP contribution < -0.4 is 10.1 Å². The Balaban J connectivity index is 1.42. The highest BCUT2D eigenvalue weighted by atomic mass is 16.5. The number of H-pyrrole nitrogens is 1. The average Bonchev–Trinajstić information content (AvgIpc) is 3.45. The molecule has 5 rings (SSSR count). The molecule has 0 bridgehead atoms. The second-order valence-corrected chi connectivity index (χ2v) is 7.27. The van der Waals surface area contributed by atoms with Crippen molar-refractivity contribution in [3.05, 3.63) is 80.0 Å². The van der Waals surface area contributed by atoms with Crippen molar-refractivity contribution in [3.8, 4) is 34.0 Å². The molecule has 4 heterocycles. The number of nitrogens with zero attached hydrogens (tertiary/aromatic N) is 5. The van der Waals surface area contributed by atoms with Crippen molar-refractivity contribution >= 4 is 22.8 Å². The first-order valence-electron chi connectivity index (χ1n) is 10.1. The van der Waals surface area contributed by atoms with Gasteiger partial charge in [0.2, 0.25) is 11.8 Å². The number of aryl methyl sites for hydroxylation is 1. The monoisotopic (exact) mass is 437 g/mol. The number of aromatic nitrogens is 6. The zero-order chi connectivity index (χ0) is 22.8. The number of benzene rings is 1. The minimum Gasteiger partial charge on any atom is -0.437 e. The number of rotatable bonds is 6. The molecule has 0 saturated heterocycles. The lowest BCUT2D eigenvalue weighted by Crippen LogP contribution is -2.07. The lowest BCUT2D eigenvalue weighted by Gasteiger charge is -2.07. The molecular formula is C24H19N7O2. The molecule has 5 aromatic rings. The molecule has 0 radical (unpaired) electrons. The van der Waals surface area contributed by atoms with Crippen LogP contribution in [-0.2, 0) is 11.8 Å². The number of carbonyl (C=O) groups excluding carboxylic acids is 1. The van der Waals surface area contributed by atoms with Gasteiger partial charge >= 0.3 is 0 Å². The fraction of sp³-hybridized carbons (Fsp3) is 0.0417. The molecule has 0 aliphatic carbocycles. The summed E-state index contributed by atoms with van der Waals surface area (Å²) < 4.78 is 7.63. The Hall–Kier alpha value is -4.79. The fourth-order valence-corrected chi connectivity index (χ4v) is 3.37. The summed E-state index contributed by atoms with van der Waals surface area (Å²) in [5, 5.41) is 6.89. The second-order valence-electron chi connectivity index (χ2n) is 7.27. The molecule has 0 unspecified atom stereocenters. The summed E-state index contributed by atoms with van der Waals surface area (Å²) in [5.41, 5.74) is 5.44. The van der Waals surface area contributed by atoms with Gasteiger partial charge in [0.1, 0.15) is 11.3 Å². The molecule has 4 aromatic heterocycles. The molecule has 162 valence electrons. The maximum Gasteiger partial charge on any atom is 0.247 e. The molecule has 0 saturated carbocycles. The highest BCUT2D eigenvalue weighted by Gasteiger charge is 2.12. The van der Waals surface area contributed by atoms with Crippen LogP contribution in [-0.4, -0.2) is 35.6 Å². The first-order chi connectivity index (χ1) is 16.1. The van der Waals surface area contributed by atoms with Gasteiger partial charge in [0.15, 0.2) is 5.65 Å². The summed E-state index contributed by atoms with van der Waals surface area (Å²) in [6, 6.07) is 10.9. The van der Waals surface area contributed by atoms with Gasteiger partial charge in [0.25, 0.3) is 0 Å². The number of aromatic amines is 1. The molecule has 1 amide bonds. The van der Waals surface area contributed by atoms with Crippen molar-refractivity contribution in [1.29, 1.82) is 0 Å². The fourth-order valence-electron chi connectivity index (χ4n) is 3.37. The summed E-state index contributed by atoms with van der Waals surface area (Å²) in [6.07, 6.45) is 10.1. The number of nitrogens with one attached hydrogen (secondary N) is 2. The average molecular weight is 437 g/mol. The number of hydrogen-bond acceptors (Lipinski definition) is 6. The third-order valence-electron chi connectivity index (χ3n) is 4.94. The van der Waals surface area contributed by atoms with Crippen LogP contribution in [0.4, 0.5) is 5.69 Å². The number of ether oxygens (including phenoxy) is 1. The van der Waals surface area contributed by atoms with E-state index < -0.39 is 0 Å². The van der Waals surface area contributed by atoms with E-state index in [0.717, 1.165) is 22.4 Å². The summed E-state index contributed by atoms with van der Waals surface area (Å²) >= 11 is 0. The summed E-state index contributed by atoms with van der Waals surface area (Å²) in [6.45, 7) is 3.45. The van der Waals surface area contributed by atoms with E-state index >= 15 is 0 Å². The van der Waals surface area contributed by atoms with E-state index in [1.54, 1.807) is 47.5 Å². The van der Waals surface area contributed by atoms with E-state index in [9.17, 15) is 4.79 Å². The van der Waals surface area contributed by atoms with E-state index in [-0.39, 0.29) is 5.91 Å². The molecule has 9 heteroatoms. The Morgan fingerprint density at radius 1 is 1.15 bits per heavy atom. The highest BCUT2D eigenvalue weighted by molar-refractivity contribution is 5.99. The Kier molecular flexibility index (Phi) is 5.12. The number of hydrogen-bond donors (Lipinski definition) is 2. The third kappa shape index (κ3) is 4.19. The van der Waals surface area contributed by atoms with E-state index in [2.05, 4.69) is 36.9 Å². The van der Waals surface area contributed by atoms with E-state index in [0.29, 0.717) is 28.5 Å². The molecule has 1 aromatic carbocycles. The van der Waals surface area contributed by atoms with Crippen molar-refractivity contribution < 1.29 is 9.53 Å². The van der Waals surface area contributed by atoms with Gasteiger partial charge in [-0.2, -0.15) is 5.10 Å². The van der Waals surface area contributed by atoms with Gasteiger partial charge in [-0.05, 0) is 24.3 Å². The van der Waals surface area contributed by atoms with Crippen LogP contribution in [0.5, 0.6) is 11.6 Å². The Bertz CT molecular complexity index is 1470. The van der Waals surface area contributed by atoms with Crippen LogP contribution in [0.1, 0.15) is 0 Å². The molecule has 33 heavy (non-hydrogen) atoms. The molecule has 0 spiro atoms. The molecule has 2 N–H and O–H groups in total. The Labute approximate surface area is 188 Å². The van der Waals surface area contributed by atoms with Crippen LogP contribution in [0.3, 0.4) is 0 Å². The van der Waals surface area contributed by atoms with Gasteiger partial charge in [-0.1, -0.05) is 18.7 Å². The van der Waals surface area contributed by atoms with E-state index in [1.165, 1.54) is 6.08 Å². The predicted molar refractivity (Wildman–Crippen MR) is 125 cm³/mol. The van der Waals surface area contributed by atoms with Gasteiger partial charge in [-0.15, -0.1) is 0 Å². The van der Waals surface area contributed by atoms with Crippen molar-refractivity contribution in [2.24, 2.45) is 7.05 Å². The number of fused-ring (bicyclic) bond motifs is 1. The number of pyridine rings is 1. The predicted octanol–water partition coefficient (Wildman–Crippen LogP) is 4.34. The van der Waals surface area contributed by atoms with Crippen molar-refractivity contribution in [1.82, 2.24) is 29.7 Å². The maximum atomic E-state index is 11.5. The Morgan fingerprint density at radius 3 is 2.82 bits per heavy atom. The van der Waals surface area contributed by atoms with E-state index in [4.69, 9.17) is 4.74 Å². The van der Waals surface area contributed by atoms with Crippen molar-refractivity contribution in [3.63, 3.8) is 0 Å². The standard InChI is InChI=1S/C24H19N7O2/c1-3-21(32)29-17-5-4-6-18(9-17)33-22-13-27-24-23(30-22)19(12-26-24)15-7-8-20(25-10-15)16-11-28-31(2)14-16/h3-14H,1H2,2H3,(H,26,27)(H,29,32). The smallest absolute Gasteiger partial charge is 0.247 e. The highest BCUT2D eigenvalue weighted by Crippen LogP contribution is 2.30. The molecule has 9 nitrogen and oxygen atoms in total. The first kappa shape index (κ1) is 20.1. The number of anilines is 1. The van der Waals surface area contributed by atoms with Crippen molar-refractivity contribution in [2.75, 3.05) is 5.32 Å².